The molecule has 0 saturated heterocycles. The lowest BCUT2D eigenvalue weighted by Crippen LogP contribution is -2.16. The smallest absolute Gasteiger partial charge is 0.143 e. The van der Waals surface area contributed by atoms with Gasteiger partial charge in [-0.15, -0.1) is 0 Å². The van der Waals surface area contributed by atoms with E-state index in [1.807, 2.05) is 12.1 Å². The zero-order chi connectivity index (χ0) is 40.0. The van der Waals surface area contributed by atoms with Gasteiger partial charge in [0.1, 0.15) is 11.2 Å². The van der Waals surface area contributed by atoms with Crippen molar-refractivity contribution in [3.05, 3.63) is 217 Å². The van der Waals surface area contributed by atoms with Crippen LogP contribution in [0.3, 0.4) is 0 Å². The van der Waals surface area contributed by atoms with Gasteiger partial charge in [-0.25, -0.2) is 0 Å². The van der Waals surface area contributed by atoms with Crippen LogP contribution in [-0.2, 0) is 5.41 Å². The molecule has 284 valence electrons. The summed E-state index contributed by atoms with van der Waals surface area (Å²) in [5, 5.41) is 4.76. The zero-order valence-electron chi connectivity index (χ0n) is 33.4. The normalized spacial score (nSPS) is 13.0. The summed E-state index contributed by atoms with van der Waals surface area (Å²) in [6.45, 7) is 4.71. The summed E-state index contributed by atoms with van der Waals surface area (Å²) in [4.78, 5) is 2.46. The third-order valence-electron chi connectivity index (χ3n) is 12.8. The summed E-state index contributed by atoms with van der Waals surface area (Å²) >= 11 is 0. The number of rotatable bonds is 6. The van der Waals surface area contributed by atoms with Crippen molar-refractivity contribution in [2.45, 2.75) is 19.3 Å². The van der Waals surface area contributed by atoms with Crippen molar-refractivity contribution < 1.29 is 4.42 Å². The number of fused-ring (bicyclic) bond motifs is 9. The first-order valence-corrected chi connectivity index (χ1v) is 20.8. The second kappa shape index (κ2) is 13.2. The van der Waals surface area contributed by atoms with Crippen molar-refractivity contribution in [1.82, 2.24) is 4.57 Å². The molecule has 3 nitrogen and oxygen atoms in total. The molecule has 0 unspecified atom stereocenters. The van der Waals surface area contributed by atoms with E-state index in [0.717, 1.165) is 55.8 Å². The van der Waals surface area contributed by atoms with Crippen LogP contribution in [0.5, 0.6) is 0 Å². The van der Waals surface area contributed by atoms with Gasteiger partial charge in [0.25, 0.3) is 0 Å². The zero-order valence-corrected chi connectivity index (χ0v) is 33.4. The quantitative estimate of drug-likeness (QED) is 0.168. The van der Waals surface area contributed by atoms with Gasteiger partial charge in [0, 0.05) is 55.1 Å². The fourth-order valence-corrected chi connectivity index (χ4v) is 10.0. The number of hydrogen-bond acceptors (Lipinski definition) is 2. The van der Waals surface area contributed by atoms with Crippen LogP contribution >= 0.6 is 0 Å². The predicted molar refractivity (Wildman–Crippen MR) is 251 cm³/mol. The Morgan fingerprint density at radius 3 is 1.98 bits per heavy atom. The predicted octanol–water partition coefficient (Wildman–Crippen LogP) is 15.8. The van der Waals surface area contributed by atoms with Gasteiger partial charge in [-0.2, -0.15) is 0 Å². The molecule has 3 heteroatoms. The van der Waals surface area contributed by atoms with Gasteiger partial charge >= 0.3 is 0 Å². The largest absolute Gasteiger partial charge is 0.455 e. The van der Waals surface area contributed by atoms with Crippen molar-refractivity contribution in [2.24, 2.45) is 0 Å². The summed E-state index contributed by atoms with van der Waals surface area (Å²) in [5.41, 5.74) is 18.4. The van der Waals surface area contributed by atoms with Crippen molar-refractivity contribution >= 4 is 60.8 Å². The maximum atomic E-state index is 6.48. The van der Waals surface area contributed by atoms with Crippen molar-refractivity contribution in [3.8, 4) is 39.1 Å². The molecule has 0 N–H and O–H groups in total. The Morgan fingerprint density at radius 2 is 1.10 bits per heavy atom. The fourth-order valence-electron chi connectivity index (χ4n) is 10.0. The molecular weight excluding hydrogens is 729 g/mol. The molecule has 0 amide bonds. The standard InChI is InChI=1S/C57H40N2O/c1-57(2)48-26-9-6-21-46(48)55-49(57)27-15-30-52(55)58(40-34-32-37(33-35-40)43-24-13-25-45-44-20-8-11-31-53(44)60-56(43)45)41-19-12-16-38(36-41)42-23-14-29-51-54(42)47-22-7-10-28-50(47)59(51)39-17-4-3-5-18-39/h3-36H,1-2H3. The minimum Gasteiger partial charge on any atom is -0.455 e. The van der Waals surface area contributed by atoms with Crippen LogP contribution in [0.4, 0.5) is 17.1 Å². The summed E-state index contributed by atoms with van der Waals surface area (Å²) in [6.07, 6.45) is 0. The van der Waals surface area contributed by atoms with Crippen LogP contribution in [0.25, 0.3) is 82.8 Å². The lowest BCUT2D eigenvalue weighted by atomic mass is 9.82. The van der Waals surface area contributed by atoms with Gasteiger partial charge in [-0.1, -0.05) is 159 Å². The van der Waals surface area contributed by atoms with E-state index in [1.54, 1.807) is 0 Å². The summed E-state index contributed by atoms with van der Waals surface area (Å²) in [6, 6.07) is 74.9. The van der Waals surface area contributed by atoms with Crippen LogP contribution < -0.4 is 4.90 Å². The monoisotopic (exact) mass is 768 g/mol. The van der Waals surface area contributed by atoms with E-state index in [1.165, 1.54) is 55.2 Å². The molecule has 60 heavy (non-hydrogen) atoms. The van der Waals surface area contributed by atoms with Crippen molar-refractivity contribution in [3.63, 3.8) is 0 Å². The topological polar surface area (TPSA) is 21.3 Å². The van der Waals surface area contributed by atoms with Crippen molar-refractivity contribution in [1.29, 1.82) is 0 Å². The Morgan fingerprint density at radius 1 is 0.450 bits per heavy atom. The number of para-hydroxylation sites is 4. The molecular formula is C57H40N2O. The van der Waals surface area contributed by atoms with Gasteiger partial charge in [-0.3, -0.25) is 0 Å². The Bertz CT molecular complexity index is 3460. The van der Waals surface area contributed by atoms with E-state index >= 15 is 0 Å². The van der Waals surface area contributed by atoms with E-state index in [-0.39, 0.29) is 5.41 Å². The molecule has 9 aromatic carbocycles. The molecule has 1 aliphatic carbocycles. The van der Waals surface area contributed by atoms with Crippen molar-refractivity contribution in [2.75, 3.05) is 4.90 Å². The third kappa shape index (κ3) is 5.09. The van der Waals surface area contributed by atoms with E-state index < -0.39 is 0 Å². The van der Waals surface area contributed by atoms with Crippen LogP contribution in [0.15, 0.2) is 211 Å². The first-order valence-electron chi connectivity index (χ1n) is 20.8. The number of nitrogens with zero attached hydrogens (tertiary/aromatic N) is 2. The third-order valence-corrected chi connectivity index (χ3v) is 12.8. The number of aromatic nitrogens is 1. The average molecular weight is 769 g/mol. The number of anilines is 3. The number of hydrogen-bond donors (Lipinski definition) is 0. The van der Waals surface area contributed by atoms with Crippen LogP contribution in [0.2, 0.25) is 0 Å². The van der Waals surface area contributed by atoms with Crippen LogP contribution in [0, 0.1) is 0 Å². The molecule has 0 atom stereocenters. The van der Waals surface area contributed by atoms with Gasteiger partial charge in [0.15, 0.2) is 0 Å². The molecule has 0 saturated carbocycles. The Kier molecular flexibility index (Phi) is 7.58. The highest BCUT2D eigenvalue weighted by molar-refractivity contribution is 6.16. The molecule has 2 heterocycles. The Hall–Kier alpha value is -7.62. The first kappa shape index (κ1) is 34.4. The van der Waals surface area contributed by atoms with E-state index in [4.69, 9.17) is 4.42 Å². The Labute approximate surface area is 349 Å². The molecule has 12 rings (SSSR count). The molecule has 0 aliphatic heterocycles. The minimum atomic E-state index is -0.132. The second-order valence-electron chi connectivity index (χ2n) is 16.5. The van der Waals surface area contributed by atoms with E-state index in [0.29, 0.717) is 0 Å². The molecule has 0 radical (unpaired) electrons. The average Bonchev–Trinajstić information content (AvgIpc) is 3.93. The van der Waals surface area contributed by atoms with Gasteiger partial charge in [-0.05, 0) is 94.0 Å². The second-order valence-corrected chi connectivity index (χ2v) is 16.5. The lowest BCUT2D eigenvalue weighted by Gasteiger charge is -2.29. The van der Waals surface area contributed by atoms with Gasteiger partial charge in [0.05, 0.1) is 16.7 Å². The highest BCUT2D eigenvalue weighted by Crippen LogP contribution is 2.54. The number of furan rings is 1. The fraction of sp³-hybridized carbons (Fsp3) is 0.0526. The summed E-state index contributed by atoms with van der Waals surface area (Å²) in [5.74, 6) is 0. The molecule has 11 aromatic rings. The highest BCUT2D eigenvalue weighted by atomic mass is 16.3. The maximum absolute atomic E-state index is 6.48. The first-order chi connectivity index (χ1) is 29.5. The summed E-state index contributed by atoms with van der Waals surface area (Å²) in [7, 11) is 0. The van der Waals surface area contributed by atoms with E-state index in [2.05, 4.69) is 217 Å². The van der Waals surface area contributed by atoms with Gasteiger partial charge < -0.3 is 13.9 Å². The minimum absolute atomic E-state index is 0.132. The van der Waals surface area contributed by atoms with Crippen LogP contribution in [0.1, 0.15) is 25.0 Å². The SMILES string of the molecule is CC1(C)c2ccccc2-c2c(N(c3ccc(-c4cccc5c4oc4ccccc45)cc3)c3cccc(-c4cccc5c4c4ccccc4n5-c4ccccc4)c3)cccc21. The maximum Gasteiger partial charge on any atom is 0.143 e. The lowest BCUT2D eigenvalue weighted by molar-refractivity contribution is 0.660. The van der Waals surface area contributed by atoms with Crippen LogP contribution in [-0.4, -0.2) is 4.57 Å². The van der Waals surface area contributed by atoms with E-state index in [9.17, 15) is 0 Å². The molecule has 1 aliphatic rings. The van der Waals surface area contributed by atoms with Gasteiger partial charge in [0.2, 0.25) is 0 Å². The molecule has 0 fully saturated rings. The number of benzene rings is 9. The highest BCUT2D eigenvalue weighted by Gasteiger charge is 2.37. The molecule has 0 bridgehead atoms. The summed E-state index contributed by atoms with van der Waals surface area (Å²) < 4.78 is 8.88. The Balaban J connectivity index is 1.06. The molecule has 0 spiro atoms. The molecule has 2 aromatic heterocycles.